The van der Waals surface area contributed by atoms with E-state index in [0.717, 1.165) is 15.6 Å². The highest BCUT2D eigenvalue weighted by Crippen LogP contribution is 2.23. The van der Waals surface area contributed by atoms with Crippen molar-refractivity contribution in [3.05, 3.63) is 46.5 Å². The molecule has 23 heavy (non-hydrogen) atoms. The first-order valence-corrected chi connectivity index (χ1v) is 9.12. The standard InChI is InChI=1S/C17H20N2O2S2/c1-11-9-22-16(18-11)23-10-14(20)19-15(21)12-5-7-13(8-6-12)17(2,3)4/h5-9H,10H2,1-4H3,(H,19,20,21). The van der Waals surface area contributed by atoms with Crippen molar-refractivity contribution in [1.29, 1.82) is 0 Å². The number of carbonyl (C=O) groups excluding carboxylic acids is 2. The van der Waals surface area contributed by atoms with Crippen LogP contribution in [0.3, 0.4) is 0 Å². The Kier molecular flexibility index (Phi) is 5.59. The van der Waals surface area contributed by atoms with E-state index in [1.807, 2.05) is 24.4 Å². The number of rotatable bonds is 4. The monoisotopic (exact) mass is 348 g/mol. The van der Waals surface area contributed by atoms with Gasteiger partial charge in [0.25, 0.3) is 5.91 Å². The quantitative estimate of drug-likeness (QED) is 0.854. The van der Waals surface area contributed by atoms with Gasteiger partial charge in [-0.3, -0.25) is 14.9 Å². The number of aryl methyl sites for hydroxylation is 1. The lowest BCUT2D eigenvalue weighted by atomic mass is 9.87. The smallest absolute Gasteiger partial charge is 0.257 e. The average Bonchev–Trinajstić information content (AvgIpc) is 2.90. The minimum atomic E-state index is -0.369. The zero-order chi connectivity index (χ0) is 17.0. The third kappa shape index (κ3) is 5.18. The molecule has 0 bridgehead atoms. The zero-order valence-corrected chi connectivity index (χ0v) is 15.3. The summed E-state index contributed by atoms with van der Waals surface area (Å²) >= 11 is 2.83. The highest BCUT2D eigenvalue weighted by atomic mass is 32.2. The van der Waals surface area contributed by atoms with Gasteiger partial charge in [0.05, 0.1) is 5.75 Å². The number of benzene rings is 1. The molecule has 0 saturated heterocycles. The van der Waals surface area contributed by atoms with E-state index >= 15 is 0 Å². The van der Waals surface area contributed by atoms with E-state index in [2.05, 4.69) is 31.1 Å². The maximum atomic E-state index is 12.1. The van der Waals surface area contributed by atoms with Gasteiger partial charge in [-0.1, -0.05) is 44.7 Å². The van der Waals surface area contributed by atoms with Crippen LogP contribution in [-0.2, 0) is 10.2 Å². The molecule has 0 fully saturated rings. The van der Waals surface area contributed by atoms with Crippen molar-refractivity contribution in [2.75, 3.05) is 5.75 Å². The number of aromatic nitrogens is 1. The van der Waals surface area contributed by atoms with E-state index in [-0.39, 0.29) is 23.0 Å². The molecule has 0 aliphatic carbocycles. The Morgan fingerprint density at radius 3 is 2.39 bits per heavy atom. The van der Waals surface area contributed by atoms with Crippen molar-refractivity contribution in [3.63, 3.8) is 0 Å². The molecule has 1 heterocycles. The number of hydrogen-bond acceptors (Lipinski definition) is 5. The Hall–Kier alpha value is -1.66. The summed E-state index contributed by atoms with van der Waals surface area (Å²) in [5.74, 6) is -0.502. The molecule has 122 valence electrons. The molecule has 2 amide bonds. The van der Waals surface area contributed by atoms with E-state index in [0.29, 0.717) is 5.56 Å². The van der Waals surface area contributed by atoms with Crippen molar-refractivity contribution in [2.45, 2.75) is 37.4 Å². The fraction of sp³-hybridized carbons (Fsp3) is 0.353. The van der Waals surface area contributed by atoms with Crippen LogP contribution in [0.1, 0.15) is 42.4 Å². The van der Waals surface area contributed by atoms with Crippen LogP contribution < -0.4 is 5.32 Å². The number of nitrogens with one attached hydrogen (secondary N) is 1. The normalized spacial score (nSPS) is 11.3. The van der Waals surface area contributed by atoms with Crippen LogP contribution in [0, 0.1) is 6.92 Å². The van der Waals surface area contributed by atoms with Crippen LogP contribution >= 0.6 is 23.1 Å². The molecular weight excluding hydrogens is 328 g/mol. The Morgan fingerprint density at radius 1 is 1.22 bits per heavy atom. The third-order valence-corrected chi connectivity index (χ3v) is 5.33. The first-order valence-electron chi connectivity index (χ1n) is 7.25. The Balaban J connectivity index is 1.89. The molecule has 0 atom stereocenters. The van der Waals surface area contributed by atoms with Crippen molar-refractivity contribution in [3.8, 4) is 0 Å². The number of nitrogens with zero attached hydrogens (tertiary/aromatic N) is 1. The van der Waals surface area contributed by atoms with Crippen LogP contribution in [0.25, 0.3) is 0 Å². The van der Waals surface area contributed by atoms with Crippen molar-refractivity contribution >= 4 is 34.9 Å². The number of amides is 2. The summed E-state index contributed by atoms with van der Waals surface area (Å²) in [6.45, 7) is 8.25. The SMILES string of the molecule is Cc1csc(SCC(=O)NC(=O)c2ccc(C(C)(C)C)cc2)n1. The lowest BCUT2D eigenvalue weighted by Gasteiger charge is -2.18. The average molecular weight is 348 g/mol. The number of imide groups is 1. The molecule has 0 saturated carbocycles. The molecule has 0 aliphatic heterocycles. The molecule has 0 radical (unpaired) electrons. The minimum Gasteiger partial charge on any atom is -0.292 e. The maximum absolute atomic E-state index is 12.1. The zero-order valence-electron chi connectivity index (χ0n) is 13.7. The van der Waals surface area contributed by atoms with Gasteiger partial charge < -0.3 is 0 Å². The predicted molar refractivity (Wildman–Crippen MR) is 95.2 cm³/mol. The van der Waals surface area contributed by atoms with E-state index in [1.165, 1.54) is 23.1 Å². The molecule has 2 rings (SSSR count). The molecule has 1 N–H and O–H groups in total. The predicted octanol–water partition coefficient (Wildman–Crippen LogP) is 3.80. The highest BCUT2D eigenvalue weighted by Gasteiger charge is 2.15. The Labute approximate surface area is 144 Å². The molecule has 1 aromatic heterocycles. The fourth-order valence-corrected chi connectivity index (χ4v) is 3.53. The van der Waals surface area contributed by atoms with Gasteiger partial charge in [-0.25, -0.2) is 4.98 Å². The summed E-state index contributed by atoms with van der Waals surface area (Å²) < 4.78 is 0.833. The van der Waals surface area contributed by atoms with Crippen LogP contribution in [0.2, 0.25) is 0 Å². The number of carbonyl (C=O) groups is 2. The van der Waals surface area contributed by atoms with Crippen molar-refractivity contribution in [1.82, 2.24) is 10.3 Å². The number of thioether (sulfide) groups is 1. The summed E-state index contributed by atoms with van der Waals surface area (Å²) in [4.78, 5) is 28.2. The van der Waals surface area contributed by atoms with Gasteiger partial charge in [0.1, 0.15) is 0 Å². The first kappa shape index (κ1) is 17.7. The second kappa shape index (κ2) is 7.27. The van der Waals surface area contributed by atoms with E-state index in [9.17, 15) is 9.59 Å². The Morgan fingerprint density at radius 2 is 1.87 bits per heavy atom. The highest BCUT2D eigenvalue weighted by molar-refractivity contribution is 8.01. The lowest BCUT2D eigenvalue weighted by Crippen LogP contribution is -2.31. The molecule has 0 aliphatic rings. The van der Waals surface area contributed by atoms with Gasteiger partial charge in [-0.05, 0) is 30.0 Å². The van der Waals surface area contributed by atoms with Crippen molar-refractivity contribution < 1.29 is 9.59 Å². The molecule has 1 aromatic carbocycles. The topological polar surface area (TPSA) is 59.1 Å². The molecule has 4 nitrogen and oxygen atoms in total. The van der Waals surface area contributed by atoms with E-state index in [4.69, 9.17) is 0 Å². The van der Waals surface area contributed by atoms with Crippen LogP contribution in [0.5, 0.6) is 0 Å². The molecule has 0 unspecified atom stereocenters. The molecule has 6 heteroatoms. The first-order chi connectivity index (χ1) is 10.8. The van der Waals surface area contributed by atoms with Crippen LogP contribution in [0.15, 0.2) is 34.0 Å². The fourth-order valence-electron chi connectivity index (χ4n) is 1.88. The van der Waals surface area contributed by atoms with Crippen molar-refractivity contribution in [2.24, 2.45) is 0 Å². The number of hydrogen-bond donors (Lipinski definition) is 1. The van der Waals surface area contributed by atoms with Gasteiger partial charge in [-0.2, -0.15) is 0 Å². The Bertz CT molecular complexity index is 700. The number of thiazole rings is 1. The largest absolute Gasteiger partial charge is 0.292 e. The van der Waals surface area contributed by atoms with E-state index < -0.39 is 0 Å². The van der Waals surface area contributed by atoms with Crippen LogP contribution in [-0.4, -0.2) is 22.6 Å². The lowest BCUT2D eigenvalue weighted by molar-refractivity contribution is -0.117. The molecular formula is C17H20N2O2S2. The second-order valence-electron chi connectivity index (χ2n) is 6.25. The summed E-state index contributed by atoms with van der Waals surface area (Å²) in [6, 6.07) is 7.35. The molecule has 0 spiro atoms. The summed E-state index contributed by atoms with van der Waals surface area (Å²) in [7, 11) is 0. The van der Waals surface area contributed by atoms with E-state index in [1.54, 1.807) is 12.1 Å². The summed E-state index contributed by atoms with van der Waals surface area (Å²) in [6.07, 6.45) is 0. The van der Waals surface area contributed by atoms with Crippen LogP contribution in [0.4, 0.5) is 0 Å². The summed E-state index contributed by atoms with van der Waals surface area (Å²) in [5.41, 5.74) is 2.61. The third-order valence-electron chi connectivity index (χ3n) is 3.19. The molecule has 2 aromatic rings. The van der Waals surface area contributed by atoms with Gasteiger partial charge in [-0.15, -0.1) is 11.3 Å². The van der Waals surface area contributed by atoms with Gasteiger partial charge in [0, 0.05) is 16.6 Å². The summed E-state index contributed by atoms with van der Waals surface area (Å²) in [5, 5.41) is 4.34. The van der Waals surface area contributed by atoms with Gasteiger partial charge in [0.15, 0.2) is 4.34 Å². The second-order valence-corrected chi connectivity index (χ2v) is 8.33. The minimum absolute atomic E-state index is 0.0350. The maximum Gasteiger partial charge on any atom is 0.257 e. The van der Waals surface area contributed by atoms with Gasteiger partial charge in [0.2, 0.25) is 5.91 Å². The van der Waals surface area contributed by atoms with Gasteiger partial charge >= 0.3 is 0 Å².